The average Bonchev–Trinajstić information content (AvgIpc) is 2.84. The van der Waals surface area contributed by atoms with Crippen LogP contribution in [0.25, 0.3) is 0 Å². The molecule has 0 heterocycles. The molecule has 0 aromatic heterocycles. The number of rotatable bonds is 10. The molecule has 2 aromatic rings. The van der Waals surface area contributed by atoms with Gasteiger partial charge in [-0.3, -0.25) is 13.9 Å². The maximum atomic E-state index is 13.8. The molecular formula is C27H35Cl2N3O4S. The Morgan fingerprint density at radius 2 is 1.76 bits per heavy atom. The third-order valence-electron chi connectivity index (χ3n) is 6.74. The van der Waals surface area contributed by atoms with Crippen LogP contribution in [0.15, 0.2) is 42.5 Å². The van der Waals surface area contributed by atoms with Gasteiger partial charge in [0.15, 0.2) is 0 Å². The fourth-order valence-electron chi connectivity index (χ4n) is 4.77. The van der Waals surface area contributed by atoms with E-state index in [0.717, 1.165) is 42.7 Å². The fourth-order valence-corrected chi connectivity index (χ4v) is 6.10. The van der Waals surface area contributed by atoms with Crippen LogP contribution in [0.4, 0.5) is 5.69 Å². The predicted molar refractivity (Wildman–Crippen MR) is 149 cm³/mol. The molecule has 1 fully saturated rings. The molecule has 2 amide bonds. The highest BCUT2D eigenvalue weighted by atomic mass is 35.5. The number of nitrogens with zero attached hydrogens (tertiary/aromatic N) is 2. The van der Waals surface area contributed by atoms with Gasteiger partial charge in [0.25, 0.3) is 0 Å². The smallest absolute Gasteiger partial charge is 0.244 e. The van der Waals surface area contributed by atoms with Crippen LogP contribution in [0.2, 0.25) is 10.0 Å². The maximum Gasteiger partial charge on any atom is 0.244 e. The van der Waals surface area contributed by atoms with Crippen molar-refractivity contribution in [2.45, 2.75) is 71.0 Å². The summed E-state index contributed by atoms with van der Waals surface area (Å²) in [5, 5.41) is 4.06. The summed E-state index contributed by atoms with van der Waals surface area (Å²) in [7, 11) is -3.82. The van der Waals surface area contributed by atoms with E-state index in [9.17, 15) is 18.0 Å². The molecule has 0 radical (unpaired) electrons. The Balaban J connectivity index is 1.94. The summed E-state index contributed by atoms with van der Waals surface area (Å²) in [4.78, 5) is 28.7. The Bertz CT molecular complexity index is 1220. The summed E-state index contributed by atoms with van der Waals surface area (Å²) in [5.41, 5.74) is 1.65. The SMILES string of the molecule is CCC(C(=O)NC1CCCCC1)N(Cc1ccccc1Cl)C(=O)CN(c1ccc(Cl)cc1C)S(C)(=O)=O. The fraction of sp³-hybridized carbons (Fsp3) is 0.481. The Hall–Kier alpha value is -2.29. The molecule has 1 unspecified atom stereocenters. The number of halogens is 2. The van der Waals surface area contributed by atoms with Crippen molar-refractivity contribution in [1.29, 1.82) is 0 Å². The number of anilines is 1. The van der Waals surface area contributed by atoms with Crippen LogP contribution in [-0.4, -0.2) is 50.0 Å². The van der Waals surface area contributed by atoms with Gasteiger partial charge in [0.2, 0.25) is 21.8 Å². The molecule has 1 aliphatic rings. The maximum absolute atomic E-state index is 13.8. The first kappa shape index (κ1) is 29.3. The van der Waals surface area contributed by atoms with E-state index in [2.05, 4.69) is 5.32 Å². The lowest BCUT2D eigenvalue weighted by Crippen LogP contribution is -2.54. The lowest BCUT2D eigenvalue weighted by molar-refractivity contribution is -0.140. The van der Waals surface area contributed by atoms with Crippen molar-refractivity contribution in [2.24, 2.45) is 0 Å². The third-order valence-corrected chi connectivity index (χ3v) is 8.47. The molecule has 37 heavy (non-hydrogen) atoms. The highest BCUT2D eigenvalue weighted by Gasteiger charge is 2.33. The number of amides is 2. The molecular weight excluding hydrogens is 533 g/mol. The molecule has 0 aliphatic heterocycles. The molecule has 1 aliphatic carbocycles. The van der Waals surface area contributed by atoms with E-state index >= 15 is 0 Å². The molecule has 0 bridgehead atoms. The molecule has 202 valence electrons. The first-order chi connectivity index (χ1) is 17.5. The van der Waals surface area contributed by atoms with Crippen LogP contribution >= 0.6 is 23.2 Å². The van der Waals surface area contributed by atoms with Gasteiger partial charge >= 0.3 is 0 Å². The van der Waals surface area contributed by atoms with E-state index in [1.165, 1.54) is 4.90 Å². The summed E-state index contributed by atoms with van der Waals surface area (Å²) in [6.07, 6.45) is 6.54. The molecule has 10 heteroatoms. The molecule has 0 spiro atoms. The van der Waals surface area contributed by atoms with Gasteiger partial charge in [-0.15, -0.1) is 0 Å². The Morgan fingerprint density at radius 3 is 2.35 bits per heavy atom. The molecule has 1 saturated carbocycles. The zero-order chi connectivity index (χ0) is 27.2. The zero-order valence-corrected chi connectivity index (χ0v) is 23.9. The summed E-state index contributed by atoms with van der Waals surface area (Å²) >= 11 is 12.5. The second kappa shape index (κ2) is 13.0. The molecule has 0 saturated heterocycles. The van der Waals surface area contributed by atoms with Crippen LogP contribution in [0, 0.1) is 6.92 Å². The Labute approximate surface area is 230 Å². The van der Waals surface area contributed by atoms with Crippen LogP contribution in [0.5, 0.6) is 0 Å². The van der Waals surface area contributed by atoms with E-state index in [4.69, 9.17) is 23.2 Å². The highest BCUT2D eigenvalue weighted by molar-refractivity contribution is 7.92. The topological polar surface area (TPSA) is 86.8 Å². The summed E-state index contributed by atoms with van der Waals surface area (Å²) in [6, 6.07) is 11.2. The normalized spacial score (nSPS) is 15.2. The van der Waals surface area contributed by atoms with Gasteiger partial charge in [0.05, 0.1) is 11.9 Å². The predicted octanol–water partition coefficient (Wildman–Crippen LogP) is 5.32. The summed E-state index contributed by atoms with van der Waals surface area (Å²) < 4.78 is 26.7. The van der Waals surface area contributed by atoms with E-state index in [-0.39, 0.29) is 18.5 Å². The van der Waals surface area contributed by atoms with Crippen LogP contribution in [0.3, 0.4) is 0 Å². The quantitative estimate of drug-likeness (QED) is 0.420. The number of sulfonamides is 1. The number of benzene rings is 2. The molecule has 3 rings (SSSR count). The molecule has 1 atom stereocenters. The summed E-state index contributed by atoms with van der Waals surface area (Å²) in [6.45, 7) is 3.19. The minimum atomic E-state index is -3.82. The second-order valence-electron chi connectivity index (χ2n) is 9.58. The van der Waals surface area contributed by atoms with Crippen LogP contribution in [0.1, 0.15) is 56.6 Å². The van der Waals surface area contributed by atoms with Gasteiger partial charge < -0.3 is 10.2 Å². The number of carbonyl (C=O) groups is 2. The van der Waals surface area contributed by atoms with Gasteiger partial charge in [-0.25, -0.2) is 8.42 Å². The van der Waals surface area contributed by atoms with E-state index in [1.54, 1.807) is 43.3 Å². The molecule has 7 nitrogen and oxygen atoms in total. The van der Waals surface area contributed by atoms with Crippen molar-refractivity contribution in [1.82, 2.24) is 10.2 Å². The van der Waals surface area contributed by atoms with E-state index in [0.29, 0.717) is 33.3 Å². The number of nitrogens with one attached hydrogen (secondary N) is 1. The monoisotopic (exact) mass is 567 g/mol. The van der Waals surface area contributed by atoms with Crippen molar-refractivity contribution in [3.05, 3.63) is 63.6 Å². The second-order valence-corrected chi connectivity index (χ2v) is 12.3. The number of aryl methyl sites for hydroxylation is 1. The largest absolute Gasteiger partial charge is 0.352 e. The van der Waals surface area contributed by atoms with Crippen LogP contribution in [-0.2, 0) is 26.2 Å². The van der Waals surface area contributed by atoms with Crippen molar-refractivity contribution in [3.63, 3.8) is 0 Å². The lowest BCUT2D eigenvalue weighted by Gasteiger charge is -2.34. The van der Waals surface area contributed by atoms with E-state index < -0.39 is 28.5 Å². The van der Waals surface area contributed by atoms with Crippen molar-refractivity contribution >= 4 is 50.7 Å². The first-order valence-electron chi connectivity index (χ1n) is 12.6. The number of hydrogen-bond acceptors (Lipinski definition) is 4. The zero-order valence-electron chi connectivity index (χ0n) is 21.5. The van der Waals surface area contributed by atoms with Gasteiger partial charge in [-0.2, -0.15) is 0 Å². The minimum absolute atomic E-state index is 0.0757. The Morgan fingerprint density at radius 1 is 1.08 bits per heavy atom. The van der Waals surface area contributed by atoms with Gasteiger partial charge in [-0.05, 0) is 61.6 Å². The lowest BCUT2D eigenvalue weighted by atomic mass is 9.95. The van der Waals surface area contributed by atoms with Gasteiger partial charge in [0, 0.05) is 22.6 Å². The van der Waals surface area contributed by atoms with E-state index in [1.807, 2.05) is 13.0 Å². The van der Waals surface area contributed by atoms with Gasteiger partial charge in [-0.1, -0.05) is 67.6 Å². The number of hydrogen-bond donors (Lipinski definition) is 1. The third kappa shape index (κ3) is 7.85. The van der Waals surface area contributed by atoms with Crippen LogP contribution < -0.4 is 9.62 Å². The standard InChI is InChI=1S/C27H35Cl2N3O4S/c1-4-24(27(34)30-22-11-6-5-7-12-22)31(17-20-10-8-9-13-23(20)29)26(33)18-32(37(3,35)36)25-15-14-21(28)16-19(25)2/h8-10,13-16,22,24H,4-7,11-12,17-18H2,1-3H3,(H,30,34). The van der Waals surface area contributed by atoms with Crippen molar-refractivity contribution < 1.29 is 18.0 Å². The van der Waals surface area contributed by atoms with Gasteiger partial charge in [0.1, 0.15) is 12.6 Å². The first-order valence-corrected chi connectivity index (χ1v) is 15.2. The number of carbonyl (C=O) groups excluding carboxylic acids is 2. The minimum Gasteiger partial charge on any atom is -0.352 e. The van der Waals surface area contributed by atoms with Crippen molar-refractivity contribution in [3.8, 4) is 0 Å². The molecule has 2 aromatic carbocycles. The average molecular weight is 569 g/mol. The molecule has 1 N–H and O–H groups in total. The Kier molecular flexibility index (Phi) is 10.3. The van der Waals surface area contributed by atoms with Crippen molar-refractivity contribution in [2.75, 3.05) is 17.1 Å². The summed E-state index contributed by atoms with van der Waals surface area (Å²) in [5.74, 6) is -0.728. The highest BCUT2D eigenvalue weighted by Crippen LogP contribution is 2.27.